The molecule has 122 valence electrons. The summed E-state index contributed by atoms with van der Waals surface area (Å²) in [7, 11) is 3.41. The molecule has 0 radical (unpaired) electrons. The first-order valence-electron chi connectivity index (χ1n) is 7.23. The van der Waals surface area contributed by atoms with E-state index in [-0.39, 0.29) is 20.9 Å². The second-order valence-electron chi connectivity index (χ2n) is 5.94. The normalized spacial score (nSPS) is 23.0. The Morgan fingerprint density at radius 1 is 1.36 bits per heavy atom. The quantitative estimate of drug-likeness (QED) is 0.761. The van der Waals surface area contributed by atoms with Crippen LogP contribution in [0, 0.1) is 0 Å². The SMILES string of the molecule is CN(C)C(=O)[C@H]([Se]c1ccccc1)[C@H](O)[C@H]1COC(C)(C)O1. The first-order chi connectivity index (χ1) is 10.3. The number of benzene rings is 1. The Morgan fingerprint density at radius 2 is 2.00 bits per heavy atom. The third-order valence-electron chi connectivity index (χ3n) is 3.41. The van der Waals surface area contributed by atoms with Gasteiger partial charge in [0.2, 0.25) is 0 Å². The zero-order chi connectivity index (χ0) is 16.3. The Balaban J connectivity index is 2.15. The predicted molar refractivity (Wildman–Crippen MR) is 85.2 cm³/mol. The number of amides is 1. The van der Waals surface area contributed by atoms with E-state index in [9.17, 15) is 9.90 Å². The molecule has 1 aliphatic rings. The maximum absolute atomic E-state index is 12.5. The van der Waals surface area contributed by atoms with Crippen LogP contribution in [0.4, 0.5) is 0 Å². The van der Waals surface area contributed by atoms with Gasteiger partial charge in [-0.05, 0) is 0 Å². The Labute approximate surface area is 137 Å². The number of nitrogens with zero attached hydrogens (tertiary/aromatic N) is 1. The van der Waals surface area contributed by atoms with E-state index in [1.54, 1.807) is 14.1 Å². The van der Waals surface area contributed by atoms with Crippen molar-refractivity contribution in [3.05, 3.63) is 30.3 Å². The van der Waals surface area contributed by atoms with Crippen LogP contribution in [-0.4, -0.2) is 69.6 Å². The summed E-state index contributed by atoms with van der Waals surface area (Å²) in [5, 5.41) is 10.7. The van der Waals surface area contributed by atoms with Gasteiger partial charge < -0.3 is 0 Å². The summed E-state index contributed by atoms with van der Waals surface area (Å²) in [5.41, 5.74) is 0. The molecule has 1 fully saturated rings. The van der Waals surface area contributed by atoms with Gasteiger partial charge in [0.1, 0.15) is 0 Å². The second kappa shape index (κ2) is 7.11. The van der Waals surface area contributed by atoms with Gasteiger partial charge in [0.05, 0.1) is 0 Å². The van der Waals surface area contributed by atoms with Crippen LogP contribution in [0.5, 0.6) is 0 Å². The van der Waals surface area contributed by atoms with Gasteiger partial charge in [-0.25, -0.2) is 0 Å². The third-order valence-corrected chi connectivity index (χ3v) is 6.09. The Morgan fingerprint density at radius 3 is 2.50 bits per heavy atom. The van der Waals surface area contributed by atoms with Gasteiger partial charge in [-0.1, -0.05) is 0 Å². The van der Waals surface area contributed by atoms with Gasteiger partial charge in [-0.15, -0.1) is 0 Å². The van der Waals surface area contributed by atoms with Gasteiger partial charge in [-0.2, -0.15) is 0 Å². The molecule has 1 N–H and O–H groups in total. The molecule has 1 amide bonds. The van der Waals surface area contributed by atoms with E-state index >= 15 is 0 Å². The van der Waals surface area contributed by atoms with Crippen molar-refractivity contribution in [3.8, 4) is 0 Å². The van der Waals surface area contributed by atoms with Crippen molar-refractivity contribution in [1.82, 2.24) is 4.90 Å². The van der Waals surface area contributed by atoms with Crippen LogP contribution in [0.1, 0.15) is 13.8 Å². The summed E-state index contributed by atoms with van der Waals surface area (Å²) in [6.07, 6.45) is -1.36. The Hall–Kier alpha value is -0.911. The van der Waals surface area contributed by atoms with E-state index in [4.69, 9.17) is 9.47 Å². The van der Waals surface area contributed by atoms with E-state index in [2.05, 4.69) is 0 Å². The van der Waals surface area contributed by atoms with Crippen LogP contribution < -0.4 is 4.46 Å². The van der Waals surface area contributed by atoms with Gasteiger partial charge in [-0.3, -0.25) is 0 Å². The molecule has 0 aromatic heterocycles. The first kappa shape index (κ1) is 17.4. The average molecular weight is 372 g/mol. The Bertz CT molecular complexity index is 506. The predicted octanol–water partition coefficient (Wildman–Crippen LogP) is 0.405. The molecular formula is C16H23NO4Se. The molecule has 1 aromatic rings. The van der Waals surface area contributed by atoms with Gasteiger partial charge >= 0.3 is 137 Å². The summed E-state index contributed by atoms with van der Waals surface area (Å²) in [4.78, 5) is 13.5. The molecule has 22 heavy (non-hydrogen) atoms. The molecule has 6 heteroatoms. The number of rotatable bonds is 5. The molecule has 1 aromatic carbocycles. The molecule has 3 atom stereocenters. The monoisotopic (exact) mass is 373 g/mol. The molecule has 5 nitrogen and oxygen atoms in total. The molecule has 0 aliphatic carbocycles. The molecule has 2 rings (SSSR count). The van der Waals surface area contributed by atoms with Crippen LogP contribution in [0.25, 0.3) is 0 Å². The van der Waals surface area contributed by atoms with Crippen molar-refractivity contribution < 1.29 is 19.4 Å². The molecule has 0 bridgehead atoms. The van der Waals surface area contributed by atoms with Crippen LogP contribution in [0.2, 0.25) is 4.82 Å². The van der Waals surface area contributed by atoms with Crippen molar-refractivity contribution in [2.24, 2.45) is 0 Å². The van der Waals surface area contributed by atoms with Crippen molar-refractivity contribution in [1.29, 1.82) is 0 Å². The molecule has 1 saturated heterocycles. The van der Waals surface area contributed by atoms with E-state index in [1.165, 1.54) is 4.90 Å². The molecule has 1 aliphatic heterocycles. The fraction of sp³-hybridized carbons (Fsp3) is 0.562. The minimum atomic E-state index is -0.878. The van der Waals surface area contributed by atoms with Crippen molar-refractivity contribution in [2.45, 2.75) is 36.7 Å². The number of aliphatic hydroxyl groups excluding tert-OH is 1. The van der Waals surface area contributed by atoms with Crippen LogP contribution in [0.15, 0.2) is 30.3 Å². The second-order valence-corrected chi connectivity index (χ2v) is 8.49. The van der Waals surface area contributed by atoms with Gasteiger partial charge in [0.25, 0.3) is 0 Å². The van der Waals surface area contributed by atoms with E-state index < -0.39 is 22.8 Å². The standard InChI is InChI=1S/C16H23NO4Se/c1-16(2)20-10-12(21-16)13(18)14(15(19)17(3)4)22-11-8-6-5-7-9-11/h5-9,12-14,18H,10H2,1-4H3/t12-,13-,14-/m1/s1. The van der Waals surface area contributed by atoms with Crippen molar-refractivity contribution >= 4 is 25.3 Å². The number of ether oxygens (including phenoxy) is 2. The van der Waals surface area contributed by atoms with Crippen molar-refractivity contribution in [2.75, 3.05) is 20.7 Å². The topological polar surface area (TPSA) is 59.0 Å². The summed E-state index contributed by atoms with van der Waals surface area (Å²) in [6.45, 7) is 3.92. The maximum atomic E-state index is 12.5. The summed E-state index contributed by atoms with van der Waals surface area (Å²) < 4.78 is 12.3. The zero-order valence-electron chi connectivity index (χ0n) is 13.4. The molecule has 0 saturated carbocycles. The number of hydrogen-bond acceptors (Lipinski definition) is 4. The number of carbonyl (C=O) groups excluding carboxylic acids is 1. The minimum absolute atomic E-state index is 0.0790. The van der Waals surface area contributed by atoms with E-state index in [0.717, 1.165) is 4.46 Å². The van der Waals surface area contributed by atoms with Crippen LogP contribution >= 0.6 is 0 Å². The van der Waals surface area contributed by atoms with Crippen LogP contribution in [0.3, 0.4) is 0 Å². The number of carbonyl (C=O) groups is 1. The zero-order valence-corrected chi connectivity index (χ0v) is 15.1. The average Bonchev–Trinajstić information content (AvgIpc) is 2.84. The number of hydrogen-bond donors (Lipinski definition) is 1. The summed E-state index contributed by atoms with van der Waals surface area (Å²) in [6, 6.07) is 9.80. The van der Waals surface area contributed by atoms with E-state index in [1.807, 2.05) is 44.2 Å². The van der Waals surface area contributed by atoms with E-state index in [0.29, 0.717) is 6.61 Å². The fourth-order valence-electron chi connectivity index (χ4n) is 2.25. The summed E-state index contributed by atoms with van der Waals surface area (Å²) >= 11 is -0.182. The molecule has 1 heterocycles. The van der Waals surface area contributed by atoms with Crippen molar-refractivity contribution in [3.63, 3.8) is 0 Å². The molecule has 0 unspecified atom stereocenters. The van der Waals surface area contributed by atoms with Crippen LogP contribution in [-0.2, 0) is 14.3 Å². The molecule has 0 spiro atoms. The molecular weight excluding hydrogens is 349 g/mol. The van der Waals surface area contributed by atoms with Gasteiger partial charge in [0.15, 0.2) is 0 Å². The third kappa shape index (κ3) is 4.31. The summed E-state index contributed by atoms with van der Waals surface area (Å²) in [5.74, 6) is -0.790. The fourth-order valence-corrected chi connectivity index (χ4v) is 4.83. The Kier molecular flexibility index (Phi) is 5.64. The number of aliphatic hydroxyl groups is 1. The first-order valence-corrected chi connectivity index (χ1v) is 9.07. The van der Waals surface area contributed by atoms with Gasteiger partial charge in [0, 0.05) is 0 Å².